The molecule has 2 aromatic rings. The molecule has 0 radical (unpaired) electrons. The number of aromatic nitrogens is 1. The third kappa shape index (κ3) is 13.9. The second-order valence-electron chi connectivity index (χ2n) is 22.4. The standard InChI is InChI=1S/C57H82Cl2N2O17S/c1-16-43-57(11)45(49(53(68)78-57)79-20-19-72-42-22-35(17-18-41(42)69-13)40(63)23-36-37(58)26-60-27-38(36)59)30(4)46(64)28(2)24-56(10,71-15)51(77-54-47(65)39(21-29(3)73-54)61(12)34(8)62)31(5)48(32(6)52(67)75-43)76-44-25-55(9,70-14)50(66)33(7)74-44/h17-18,22,26-33,39,43-45,47-51,54,65-66H,16,19-21,23-25H2,1-15H3/t28-,29-,30-,31+,32-,33+,39+,43-,44+,45+,47-,48+,49?,50+,51-,54+,55-,56-,57-/m1/s1. The Morgan fingerprint density at radius 3 is 2.15 bits per heavy atom. The Balaban J connectivity index is 1.35. The number of Topliss-reactive ketones (excluding diaryl/α,β-unsaturated/α-hetero) is 2. The normalized spacial score (nSPS) is 37.5. The monoisotopic (exact) mass is 1170 g/mol. The Bertz CT molecular complexity index is 2470. The quantitative estimate of drug-likeness (QED) is 0.0887. The molecule has 4 aliphatic heterocycles. The van der Waals surface area contributed by atoms with Gasteiger partial charge in [-0.3, -0.25) is 29.0 Å². The molecule has 1 aromatic carbocycles. The maximum Gasteiger partial charge on any atom is 0.320 e. The van der Waals surface area contributed by atoms with Gasteiger partial charge in [0.1, 0.15) is 29.3 Å². The molecule has 19 nitrogen and oxygen atoms in total. The van der Waals surface area contributed by atoms with Gasteiger partial charge in [0.05, 0.1) is 71.3 Å². The molecule has 4 fully saturated rings. The van der Waals surface area contributed by atoms with Gasteiger partial charge in [-0.2, -0.15) is 0 Å². The van der Waals surface area contributed by atoms with Crippen LogP contribution in [0.3, 0.4) is 0 Å². The topological polar surface area (TPSA) is 234 Å². The first-order valence-corrected chi connectivity index (χ1v) is 28.9. The number of halogens is 2. The summed E-state index contributed by atoms with van der Waals surface area (Å²) in [5.74, 6) is -5.61. The van der Waals surface area contributed by atoms with Gasteiger partial charge in [0.2, 0.25) is 5.91 Å². The lowest BCUT2D eigenvalue weighted by atomic mass is 9.70. The number of aliphatic hydroxyl groups excluding tert-OH is 2. The van der Waals surface area contributed by atoms with Gasteiger partial charge < -0.3 is 62.5 Å². The molecule has 4 saturated heterocycles. The minimum Gasteiger partial charge on any atom is -0.493 e. The number of hydrogen-bond donors (Lipinski definition) is 2. The Hall–Kier alpha value is -3.67. The van der Waals surface area contributed by atoms with Crippen LogP contribution in [0.4, 0.5) is 0 Å². The smallest absolute Gasteiger partial charge is 0.320 e. The molecule has 442 valence electrons. The van der Waals surface area contributed by atoms with Crippen LogP contribution >= 0.6 is 35.0 Å². The van der Waals surface area contributed by atoms with Crippen molar-refractivity contribution in [2.24, 2.45) is 29.6 Å². The van der Waals surface area contributed by atoms with Crippen molar-refractivity contribution in [2.45, 2.75) is 192 Å². The predicted octanol–water partition coefficient (Wildman–Crippen LogP) is 7.49. The minimum atomic E-state index is -1.51. The number of thioether (sulfide) groups is 1. The number of rotatable bonds is 17. The first-order chi connectivity index (χ1) is 37.1. The number of methoxy groups -OCH3 is 3. The van der Waals surface area contributed by atoms with E-state index < -0.39 is 125 Å². The highest BCUT2D eigenvalue weighted by Gasteiger charge is 2.62. The molecular formula is C57H82Cl2N2O17S. The Kier molecular flexibility index (Phi) is 21.8. The van der Waals surface area contributed by atoms with E-state index in [1.54, 1.807) is 73.7 Å². The number of hydrogen-bond acceptors (Lipinski definition) is 19. The van der Waals surface area contributed by atoms with Crippen molar-refractivity contribution < 1.29 is 81.6 Å². The van der Waals surface area contributed by atoms with Crippen molar-refractivity contribution in [1.82, 2.24) is 9.88 Å². The molecule has 0 aliphatic carbocycles. The number of carbonyl (C=O) groups excluding carboxylic acids is 5. The van der Waals surface area contributed by atoms with Crippen molar-refractivity contribution in [3.63, 3.8) is 0 Å². The first kappa shape index (κ1) is 64.5. The largest absolute Gasteiger partial charge is 0.493 e. The number of amides is 1. The van der Waals surface area contributed by atoms with E-state index in [0.29, 0.717) is 23.3 Å². The van der Waals surface area contributed by atoms with Crippen LogP contribution in [-0.4, -0.2) is 174 Å². The van der Waals surface area contributed by atoms with Gasteiger partial charge in [-0.05, 0) is 79.0 Å². The maximum absolute atomic E-state index is 15.3. The molecule has 1 unspecified atom stereocenters. The number of ketones is 2. The van der Waals surface area contributed by atoms with Crippen LogP contribution in [0.1, 0.15) is 118 Å². The summed E-state index contributed by atoms with van der Waals surface area (Å²) in [4.78, 5) is 76.4. The van der Waals surface area contributed by atoms with Gasteiger partial charge in [0.15, 0.2) is 35.5 Å². The third-order valence-electron chi connectivity index (χ3n) is 17.0. The van der Waals surface area contributed by atoms with Gasteiger partial charge in [0.25, 0.3) is 0 Å². The number of carbonyl (C=O) groups is 5. The highest BCUT2D eigenvalue weighted by atomic mass is 35.5. The van der Waals surface area contributed by atoms with E-state index >= 15 is 9.59 Å². The number of fused-ring (bicyclic) bond motifs is 1. The zero-order chi connectivity index (χ0) is 58.6. The number of nitrogens with zero attached hydrogens (tertiary/aromatic N) is 2. The summed E-state index contributed by atoms with van der Waals surface area (Å²) in [5.41, 5.74) is -3.25. The first-order valence-electron chi connectivity index (χ1n) is 27.1. The van der Waals surface area contributed by atoms with E-state index in [2.05, 4.69) is 4.98 Å². The number of ether oxygens (including phenoxy) is 10. The van der Waals surface area contributed by atoms with Gasteiger partial charge in [-0.1, -0.05) is 50.9 Å². The van der Waals surface area contributed by atoms with E-state index in [1.807, 2.05) is 20.8 Å². The van der Waals surface area contributed by atoms with E-state index in [1.165, 1.54) is 57.3 Å². The third-order valence-corrected chi connectivity index (χ3v) is 18.9. The predicted molar refractivity (Wildman–Crippen MR) is 294 cm³/mol. The molecule has 19 atom stereocenters. The fourth-order valence-corrected chi connectivity index (χ4v) is 14.0. The Morgan fingerprint density at radius 1 is 0.886 bits per heavy atom. The van der Waals surface area contributed by atoms with Crippen LogP contribution in [0.25, 0.3) is 0 Å². The molecule has 0 bridgehead atoms. The molecular weight excluding hydrogens is 1090 g/mol. The van der Waals surface area contributed by atoms with E-state index in [9.17, 15) is 24.6 Å². The molecule has 1 amide bonds. The molecule has 4 aliphatic rings. The van der Waals surface area contributed by atoms with Crippen molar-refractivity contribution in [1.29, 1.82) is 0 Å². The van der Waals surface area contributed by atoms with Crippen molar-refractivity contribution in [3.8, 4) is 11.5 Å². The highest BCUT2D eigenvalue weighted by molar-refractivity contribution is 8.00. The zero-order valence-electron chi connectivity index (χ0n) is 48.2. The van der Waals surface area contributed by atoms with Crippen LogP contribution in [0, 0.1) is 29.6 Å². The van der Waals surface area contributed by atoms with Crippen LogP contribution in [0.15, 0.2) is 30.6 Å². The molecule has 79 heavy (non-hydrogen) atoms. The zero-order valence-corrected chi connectivity index (χ0v) is 50.5. The number of cyclic esters (lactones) is 1. The summed E-state index contributed by atoms with van der Waals surface area (Å²) in [6, 6.07) is 4.10. The van der Waals surface area contributed by atoms with Crippen LogP contribution in [0.2, 0.25) is 10.0 Å². The van der Waals surface area contributed by atoms with Crippen LogP contribution in [-0.2, 0) is 63.5 Å². The van der Waals surface area contributed by atoms with Gasteiger partial charge in [0, 0.05) is 94.0 Å². The van der Waals surface area contributed by atoms with Crippen molar-refractivity contribution >= 4 is 64.4 Å². The summed E-state index contributed by atoms with van der Waals surface area (Å²) in [7, 11) is 6.06. The van der Waals surface area contributed by atoms with Gasteiger partial charge >= 0.3 is 11.9 Å². The maximum atomic E-state index is 15.3. The second kappa shape index (κ2) is 26.7. The molecule has 1 aromatic heterocycles. The van der Waals surface area contributed by atoms with E-state index in [0.717, 1.165) is 0 Å². The highest BCUT2D eigenvalue weighted by Crippen LogP contribution is 2.50. The summed E-state index contributed by atoms with van der Waals surface area (Å²) in [6.45, 7) is 19.0. The number of aliphatic hydroxyl groups is 2. The lowest BCUT2D eigenvalue weighted by Gasteiger charge is -2.50. The average Bonchev–Trinajstić information content (AvgIpc) is 3.77. The molecule has 2 N–H and O–H groups in total. The summed E-state index contributed by atoms with van der Waals surface area (Å²) >= 11 is 13.9. The fraction of sp³-hybridized carbons (Fsp3) is 0.719. The number of esters is 2. The molecule has 0 spiro atoms. The van der Waals surface area contributed by atoms with E-state index in [-0.39, 0.29) is 71.3 Å². The molecule has 0 saturated carbocycles. The number of likely N-dealkylation sites (N-methyl/N-ethyl adjacent to an activating group) is 1. The molecule has 5 heterocycles. The van der Waals surface area contributed by atoms with Gasteiger partial charge in [-0.25, -0.2) is 0 Å². The molecule has 6 rings (SSSR count). The van der Waals surface area contributed by atoms with Crippen LogP contribution < -0.4 is 9.47 Å². The SMILES string of the molecule is CC[C@H]1OC(=O)[C@H](C)[C@@H](O[C@H]2C[C@@](C)(OC)[C@@H](O)[C@H](C)O2)[C@H](C)[C@@H](O[C@@H]2O[C@H](C)C[C@H](N(C)C(C)=O)[C@H]2O)[C@](C)(OC)C[C@@H](C)C(=O)[C@H](C)[C@H]2C(SCCOc3cc(C(=O)Cc4c(Cl)cncc4Cl)ccc3OC)C(=O)O[C@@]21C. The minimum absolute atomic E-state index is 0.0411. The fourth-order valence-electron chi connectivity index (χ4n) is 12.2. The van der Waals surface area contributed by atoms with Crippen LogP contribution in [0.5, 0.6) is 11.5 Å². The summed E-state index contributed by atoms with van der Waals surface area (Å²) in [5, 5.41) is 22.7. The second-order valence-corrected chi connectivity index (χ2v) is 24.5. The average molecular weight is 1170 g/mol. The summed E-state index contributed by atoms with van der Waals surface area (Å²) in [6.07, 6.45) is -5.84. The lowest BCUT2D eigenvalue weighted by Crippen LogP contribution is -2.61. The number of pyridine rings is 1. The Labute approximate surface area is 478 Å². The Morgan fingerprint density at radius 2 is 1.54 bits per heavy atom. The number of benzene rings is 1. The molecule has 22 heteroatoms. The van der Waals surface area contributed by atoms with Gasteiger partial charge in [-0.15, -0.1) is 11.8 Å². The summed E-state index contributed by atoms with van der Waals surface area (Å²) < 4.78 is 63.5. The van der Waals surface area contributed by atoms with E-state index in [4.69, 9.17) is 70.6 Å². The van der Waals surface area contributed by atoms with Crippen molar-refractivity contribution in [2.75, 3.05) is 40.7 Å². The lowest BCUT2D eigenvalue weighted by molar-refractivity contribution is -0.319. The van der Waals surface area contributed by atoms with Crippen molar-refractivity contribution in [3.05, 3.63) is 51.8 Å².